The molecule has 2 saturated heterocycles. The van der Waals surface area contributed by atoms with E-state index < -0.39 is 18.1 Å². The molecule has 9 heteroatoms. The lowest BCUT2D eigenvalue weighted by molar-refractivity contribution is -0.199. The molecule has 4 rings (SSSR count). The van der Waals surface area contributed by atoms with Gasteiger partial charge in [-0.15, -0.1) is 0 Å². The molecule has 2 aliphatic heterocycles. The maximum Gasteiger partial charge on any atom is 0.226 e. The van der Waals surface area contributed by atoms with Crippen molar-refractivity contribution in [3.05, 3.63) is 17.5 Å². The fourth-order valence-corrected chi connectivity index (χ4v) is 3.44. The van der Waals surface area contributed by atoms with Crippen LogP contribution < -0.4 is 5.73 Å². The minimum atomic E-state index is -0.737. The molecule has 0 saturated carbocycles. The van der Waals surface area contributed by atoms with Gasteiger partial charge in [-0.25, -0.2) is 4.98 Å². The normalized spacial score (nSPS) is 32.5. The number of fused-ring (bicyclic) bond motifs is 2. The summed E-state index contributed by atoms with van der Waals surface area (Å²) in [5.41, 5.74) is 6.44. The molecular weight excluding hydrogens is 324 g/mol. The molecule has 124 valence electrons. The molecule has 0 radical (unpaired) electrons. The number of rotatable bonds is 2. The second-order valence-corrected chi connectivity index (χ2v) is 6.49. The number of nitrogens with two attached hydrogens (primary N) is 1. The van der Waals surface area contributed by atoms with Gasteiger partial charge in [0.25, 0.3) is 0 Å². The zero-order valence-electron chi connectivity index (χ0n) is 12.6. The minimum Gasteiger partial charge on any atom is -0.394 e. The fourth-order valence-electron chi connectivity index (χ4n) is 3.26. The maximum absolute atomic E-state index is 9.56. The van der Waals surface area contributed by atoms with Crippen molar-refractivity contribution in [2.45, 2.75) is 44.2 Å². The molecule has 0 unspecified atom stereocenters. The molecule has 4 heterocycles. The van der Waals surface area contributed by atoms with Gasteiger partial charge in [0.15, 0.2) is 12.0 Å². The number of aliphatic hydroxyl groups is 1. The van der Waals surface area contributed by atoms with E-state index in [1.54, 1.807) is 16.8 Å². The van der Waals surface area contributed by atoms with Crippen molar-refractivity contribution in [2.75, 3.05) is 12.3 Å². The Morgan fingerprint density at radius 2 is 2.09 bits per heavy atom. The van der Waals surface area contributed by atoms with Gasteiger partial charge in [0.05, 0.1) is 12.0 Å². The van der Waals surface area contributed by atoms with E-state index in [1.165, 1.54) is 0 Å². The van der Waals surface area contributed by atoms with E-state index in [4.69, 9.17) is 31.5 Å². The summed E-state index contributed by atoms with van der Waals surface area (Å²) in [6.07, 6.45) is 0.0999. The van der Waals surface area contributed by atoms with Crippen molar-refractivity contribution in [1.82, 2.24) is 14.5 Å². The van der Waals surface area contributed by atoms with Gasteiger partial charge in [0.2, 0.25) is 5.28 Å². The maximum atomic E-state index is 9.56. The number of hydrogen-bond donors (Lipinski definition) is 2. The van der Waals surface area contributed by atoms with E-state index in [1.807, 2.05) is 13.8 Å². The quantitative estimate of drug-likeness (QED) is 0.788. The summed E-state index contributed by atoms with van der Waals surface area (Å²) in [5.74, 6) is -0.435. The second kappa shape index (κ2) is 5.02. The molecule has 2 fully saturated rings. The standard InChI is InChI=1S/C14H17ClN4O4/c1-14(2)22-8-7(5-20)21-12(9(8)23-14)19-4-3-6-10(16)17-13(15)18-11(6)19/h3-4,7-9,12,20H,5H2,1-2H3,(H2,16,17,18)/t7-,8-,9-,12-/m1/s1. The van der Waals surface area contributed by atoms with Crippen LogP contribution in [0.3, 0.4) is 0 Å². The smallest absolute Gasteiger partial charge is 0.226 e. The first-order valence-corrected chi connectivity index (χ1v) is 7.69. The van der Waals surface area contributed by atoms with E-state index in [0.29, 0.717) is 16.9 Å². The molecule has 2 aliphatic rings. The number of halogens is 1. The van der Waals surface area contributed by atoms with E-state index in [0.717, 1.165) is 0 Å². The molecule has 8 nitrogen and oxygen atoms in total. The van der Waals surface area contributed by atoms with E-state index in [-0.39, 0.29) is 24.1 Å². The van der Waals surface area contributed by atoms with Crippen LogP contribution in [0.5, 0.6) is 0 Å². The molecule has 2 aromatic rings. The van der Waals surface area contributed by atoms with Crippen LogP contribution in [0.4, 0.5) is 5.82 Å². The molecule has 3 N–H and O–H groups in total. The third kappa shape index (κ3) is 2.29. The Morgan fingerprint density at radius 3 is 2.83 bits per heavy atom. The second-order valence-electron chi connectivity index (χ2n) is 6.15. The van der Waals surface area contributed by atoms with Crippen LogP contribution >= 0.6 is 11.6 Å². The molecule has 0 aromatic carbocycles. The van der Waals surface area contributed by atoms with Crippen LogP contribution in [0.1, 0.15) is 20.1 Å². The Morgan fingerprint density at radius 1 is 1.35 bits per heavy atom. The monoisotopic (exact) mass is 340 g/mol. The van der Waals surface area contributed by atoms with Crippen molar-refractivity contribution in [2.24, 2.45) is 0 Å². The first-order valence-electron chi connectivity index (χ1n) is 7.31. The third-order valence-corrected chi connectivity index (χ3v) is 4.32. The highest BCUT2D eigenvalue weighted by atomic mass is 35.5. The Labute approximate surface area is 137 Å². The molecule has 0 bridgehead atoms. The van der Waals surface area contributed by atoms with Crippen LogP contribution in [0.15, 0.2) is 12.3 Å². The highest BCUT2D eigenvalue weighted by molar-refractivity contribution is 6.28. The Hall–Kier alpha value is -1.45. The summed E-state index contributed by atoms with van der Waals surface area (Å²) < 4.78 is 19.5. The number of nitrogen functional groups attached to an aromatic ring is 1. The number of hydrogen-bond acceptors (Lipinski definition) is 7. The summed E-state index contributed by atoms with van der Waals surface area (Å²) in [4.78, 5) is 8.19. The van der Waals surface area contributed by atoms with Gasteiger partial charge < -0.3 is 29.6 Å². The number of nitrogens with zero attached hydrogens (tertiary/aromatic N) is 3. The van der Waals surface area contributed by atoms with Crippen LogP contribution in [-0.4, -0.2) is 50.3 Å². The highest BCUT2D eigenvalue weighted by Gasteiger charge is 2.55. The molecule has 4 atom stereocenters. The average Bonchev–Trinajstić information content (AvgIpc) is 3.09. The number of aromatic nitrogens is 3. The number of anilines is 1. The average molecular weight is 341 g/mol. The molecule has 0 aliphatic carbocycles. The first kappa shape index (κ1) is 15.1. The summed E-state index contributed by atoms with van der Waals surface area (Å²) in [6, 6.07) is 1.80. The largest absolute Gasteiger partial charge is 0.394 e. The van der Waals surface area contributed by atoms with E-state index in [9.17, 15) is 5.11 Å². The summed E-state index contributed by atoms with van der Waals surface area (Å²) in [6.45, 7) is 3.51. The van der Waals surface area contributed by atoms with Crippen LogP contribution in [-0.2, 0) is 14.2 Å². The summed E-state index contributed by atoms with van der Waals surface area (Å²) in [7, 11) is 0. The fraction of sp³-hybridized carbons (Fsp3) is 0.571. The first-order chi connectivity index (χ1) is 10.9. The van der Waals surface area contributed by atoms with Crippen LogP contribution in [0.2, 0.25) is 5.28 Å². The van der Waals surface area contributed by atoms with Crippen molar-refractivity contribution >= 4 is 28.5 Å². The lowest BCUT2D eigenvalue weighted by Gasteiger charge is -2.24. The number of ether oxygens (including phenoxy) is 3. The van der Waals surface area contributed by atoms with Gasteiger partial charge in [-0.1, -0.05) is 0 Å². The SMILES string of the molecule is CC1(C)O[C@@H]2[C@H](O1)[C@@H](CO)O[C@H]2n1ccc2c(N)nc(Cl)nc21. The Balaban J connectivity index is 1.79. The summed E-state index contributed by atoms with van der Waals surface area (Å²) >= 11 is 5.92. The zero-order chi connectivity index (χ0) is 16.4. The van der Waals surface area contributed by atoms with Crippen molar-refractivity contribution in [3.63, 3.8) is 0 Å². The van der Waals surface area contributed by atoms with E-state index in [2.05, 4.69) is 9.97 Å². The Kier molecular flexibility index (Phi) is 3.30. The molecule has 0 spiro atoms. The van der Waals surface area contributed by atoms with Gasteiger partial charge in [0.1, 0.15) is 29.8 Å². The topological polar surface area (TPSA) is 105 Å². The van der Waals surface area contributed by atoms with Crippen LogP contribution in [0.25, 0.3) is 11.0 Å². The zero-order valence-corrected chi connectivity index (χ0v) is 13.4. The van der Waals surface area contributed by atoms with Gasteiger partial charge in [-0.2, -0.15) is 4.98 Å². The number of aliphatic hydroxyl groups excluding tert-OH is 1. The van der Waals surface area contributed by atoms with Gasteiger partial charge in [0, 0.05) is 6.20 Å². The lowest BCUT2D eigenvalue weighted by atomic mass is 10.1. The van der Waals surface area contributed by atoms with Crippen LogP contribution in [0, 0.1) is 0 Å². The molecule has 2 aromatic heterocycles. The molecule has 23 heavy (non-hydrogen) atoms. The molecular formula is C14H17ClN4O4. The van der Waals surface area contributed by atoms with Gasteiger partial charge in [-0.3, -0.25) is 0 Å². The van der Waals surface area contributed by atoms with Crippen molar-refractivity contribution in [1.29, 1.82) is 0 Å². The van der Waals surface area contributed by atoms with Gasteiger partial charge >= 0.3 is 0 Å². The predicted molar refractivity (Wildman–Crippen MR) is 81.8 cm³/mol. The Bertz CT molecular complexity index is 765. The highest BCUT2D eigenvalue weighted by Crippen LogP contribution is 2.43. The molecule has 0 amide bonds. The van der Waals surface area contributed by atoms with Crippen molar-refractivity contribution in [3.8, 4) is 0 Å². The predicted octanol–water partition coefficient (Wildman–Crippen LogP) is 1.08. The van der Waals surface area contributed by atoms with E-state index >= 15 is 0 Å². The summed E-state index contributed by atoms with van der Waals surface area (Å²) in [5, 5.41) is 10.3. The lowest BCUT2D eigenvalue weighted by Crippen LogP contribution is -2.31. The minimum absolute atomic E-state index is 0.0622. The third-order valence-electron chi connectivity index (χ3n) is 4.15. The van der Waals surface area contributed by atoms with Gasteiger partial charge in [-0.05, 0) is 31.5 Å². The van der Waals surface area contributed by atoms with Crippen molar-refractivity contribution < 1.29 is 19.3 Å².